The number of rotatable bonds is 6. The molecule has 5 N–H and O–H groups in total. The van der Waals surface area contributed by atoms with Gasteiger partial charge in [0, 0.05) is 19.8 Å². The number of nitrogens with two attached hydrogens (primary N) is 2. The van der Waals surface area contributed by atoms with Crippen LogP contribution in [0.1, 0.15) is 20.8 Å². The Hall–Kier alpha value is -0.523. The quantitative estimate of drug-likeness (QED) is 0.472. The molecule has 0 saturated carbocycles. The van der Waals surface area contributed by atoms with E-state index in [0.717, 1.165) is 0 Å². The number of hydrogen-bond acceptors (Lipinski definition) is 6. The highest BCUT2D eigenvalue weighted by Crippen LogP contribution is 1.91. The maximum atomic E-state index is 7.56. The Morgan fingerprint density at radius 3 is 1.32 bits per heavy atom. The van der Waals surface area contributed by atoms with Crippen molar-refractivity contribution in [1.82, 2.24) is 0 Å². The molecule has 0 unspecified atom stereocenters. The lowest BCUT2D eigenvalue weighted by Gasteiger charge is -2.12. The summed E-state index contributed by atoms with van der Waals surface area (Å²) in [6.45, 7) is 7.86. The van der Waals surface area contributed by atoms with E-state index in [1.54, 1.807) is 0 Å². The standard InChI is InChI=1S/C6H16O3Si.C2H5NOS.CH3NOS/c1-4-7-10(8-5-2)9-6-3;1-4-2(3)5;2-1(3)4/h10H,4-6H2,1-3H3;1H3,(H2,3,5);(H3,2,3,4). The highest BCUT2D eigenvalue weighted by Gasteiger charge is 2.11. The minimum absolute atomic E-state index is 0.0880. The van der Waals surface area contributed by atoms with Crippen molar-refractivity contribution in [1.29, 1.82) is 0 Å². The van der Waals surface area contributed by atoms with Crippen LogP contribution in [0, 0.1) is 0 Å². The van der Waals surface area contributed by atoms with Crippen molar-refractivity contribution in [3.05, 3.63) is 0 Å². The first kappa shape index (κ1) is 23.6. The third-order valence-corrected chi connectivity index (χ3v) is 3.09. The molecule has 19 heavy (non-hydrogen) atoms. The Kier molecular flexibility index (Phi) is 24.6. The van der Waals surface area contributed by atoms with E-state index in [0.29, 0.717) is 19.8 Å². The predicted octanol–water partition coefficient (Wildman–Crippen LogP) is 0.478. The first-order valence-corrected chi connectivity index (χ1v) is 7.75. The molecule has 0 radical (unpaired) electrons. The largest absolute Gasteiger partial charge is 0.487 e. The van der Waals surface area contributed by atoms with E-state index in [1.807, 2.05) is 20.8 Å². The molecule has 0 rings (SSSR count). The molecule has 0 aromatic heterocycles. The zero-order chi connectivity index (χ0) is 15.7. The third kappa shape index (κ3) is 38.1. The molecule has 10 heteroatoms. The van der Waals surface area contributed by atoms with Crippen LogP contribution in [0.4, 0.5) is 0 Å². The Morgan fingerprint density at radius 1 is 1.00 bits per heavy atom. The van der Waals surface area contributed by atoms with Crippen molar-refractivity contribution in [3.63, 3.8) is 0 Å². The molecule has 0 heterocycles. The molecule has 0 saturated heterocycles. The lowest BCUT2D eigenvalue weighted by Crippen LogP contribution is -2.27. The maximum absolute atomic E-state index is 7.56. The average molecular weight is 333 g/mol. The van der Waals surface area contributed by atoms with Crippen LogP contribution in [0.15, 0.2) is 0 Å². The van der Waals surface area contributed by atoms with Gasteiger partial charge in [0.25, 0.3) is 10.3 Å². The summed E-state index contributed by atoms with van der Waals surface area (Å²) in [6.07, 6.45) is 0. The van der Waals surface area contributed by atoms with Gasteiger partial charge in [-0.05, 0) is 45.2 Å². The third-order valence-electron chi connectivity index (χ3n) is 1.11. The summed E-state index contributed by atoms with van der Waals surface area (Å²) in [6, 6.07) is 0. The van der Waals surface area contributed by atoms with Gasteiger partial charge in [-0.2, -0.15) is 0 Å². The van der Waals surface area contributed by atoms with E-state index >= 15 is 0 Å². The SMILES string of the molecule is CCO[SiH](OCC)OCC.COC(N)=S.NC(O)=S. The minimum Gasteiger partial charge on any atom is -0.487 e. The molecule has 0 aliphatic rings. The molecule has 0 amide bonds. The summed E-state index contributed by atoms with van der Waals surface area (Å²) in [4.78, 5) is 0. The molecule has 7 nitrogen and oxygen atoms in total. The van der Waals surface area contributed by atoms with Crippen LogP contribution in [0.25, 0.3) is 0 Å². The van der Waals surface area contributed by atoms with E-state index in [2.05, 4.69) is 34.9 Å². The predicted molar refractivity (Wildman–Crippen MR) is 85.2 cm³/mol. The molecule has 0 fully saturated rings. The topological polar surface area (TPSA) is 109 Å². The second kappa shape index (κ2) is 19.8. The van der Waals surface area contributed by atoms with E-state index in [1.165, 1.54) is 7.11 Å². The number of methoxy groups -OCH3 is 1. The van der Waals surface area contributed by atoms with E-state index in [9.17, 15) is 0 Å². The monoisotopic (exact) mass is 332 g/mol. The van der Waals surface area contributed by atoms with Crippen molar-refractivity contribution in [3.8, 4) is 0 Å². The number of ether oxygens (including phenoxy) is 1. The summed E-state index contributed by atoms with van der Waals surface area (Å²) >= 11 is 8.12. The van der Waals surface area contributed by atoms with Gasteiger partial charge in [-0.1, -0.05) is 0 Å². The van der Waals surface area contributed by atoms with Crippen molar-refractivity contribution >= 4 is 44.3 Å². The van der Waals surface area contributed by atoms with Gasteiger partial charge >= 0.3 is 9.53 Å². The lowest BCUT2D eigenvalue weighted by atomic mass is 10.9. The Labute approximate surface area is 127 Å². The van der Waals surface area contributed by atoms with Crippen molar-refractivity contribution in [2.24, 2.45) is 11.5 Å². The first-order chi connectivity index (χ1) is 8.85. The van der Waals surface area contributed by atoms with Crippen molar-refractivity contribution < 1.29 is 23.1 Å². The summed E-state index contributed by atoms with van der Waals surface area (Å²) in [5, 5.41) is 7.15. The van der Waals surface area contributed by atoms with Gasteiger partial charge in [0.1, 0.15) is 0 Å². The smallest absolute Gasteiger partial charge is 0.484 e. The van der Waals surface area contributed by atoms with Gasteiger partial charge in [0.2, 0.25) is 0 Å². The lowest BCUT2D eigenvalue weighted by molar-refractivity contribution is 0.107. The van der Waals surface area contributed by atoms with Gasteiger partial charge < -0.3 is 34.6 Å². The molecule has 0 atom stereocenters. The van der Waals surface area contributed by atoms with E-state index in [4.69, 9.17) is 24.1 Å². The fourth-order valence-corrected chi connectivity index (χ4v) is 1.66. The molecule has 0 spiro atoms. The van der Waals surface area contributed by atoms with Gasteiger partial charge in [-0.3, -0.25) is 0 Å². The number of aliphatic hydroxyl groups is 1. The molecule has 0 aromatic rings. The first-order valence-electron chi connectivity index (χ1n) is 5.52. The van der Waals surface area contributed by atoms with Gasteiger partial charge in [-0.15, -0.1) is 0 Å². The second-order valence-electron chi connectivity index (χ2n) is 2.52. The maximum Gasteiger partial charge on any atom is 0.484 e. The summed E-state index contributed by atoms with van der Waals surface area (Å²) in [5.41, 5.74) is 9.20. The summed E-state index contributed by atoms with van der Waals surface area (Å²) in [5.74, 6) is 0. The Bertz CT molecular complexity index is 207. The van der Waals surface area contributed by atoms with Crippen LogP contribution in [0.3, 0.4) is 0 Å². The highest BCUT2D eigenvalue weighted by atomic mass is 32.1. The van der Waals surface area contributed by atoms with Crippen LogP contribution < -0.4 is 11.5 Å². The highest BCUT2D eigenvalue weighted by molar-refractivity contribution is 7.80. The van der Waals surface area contributed by atoms with Gasteiger partial charge in [0.15, 0.2) is 0 Å². The molecule has 0 aromatic carbocycles. The minimum atomic E-state index is -1.73. The van der Waals surface area contributed by atoms with E-state index < -0.39 is 14.7 Å². The van der Waals surface area contributed by atoms with Crippen LogP contribution in [0.2, 0.25) is 0 Å². The summed E-state index contributed by atoms with van der Waals surface area (Å²) < 4.78 is 19.9. The zero-order valence-electron chi connectivity index (χ0n) is 11.8. The van der Waals surface area contributed by atoms with Crippen molar-refractivity contribution in [2.45, 2.75) is 20.8 Å². The Balaban J connectivity index is -0.000000238. The molecular formula is C9H24N2O5S2Si. The van der Waals surface area contributed by atoms with Gasteiger partial charge in [0.05, 0.1) is 7.11 Å². The number of thiocarbonyl (C=S) groups is 2. The van der Waals surface area contributed by atoms with E-state index in [-0.39, 0.29) is 5.17 Å². The van der Waals surface area contributed by atoms with Crippen LogP contribution in [0.5, 0.6) is 0 Å². The fraction of sp³-hybridized carbons (Fsp3) is 0.778. The number of aliphatic hydroxyl groups excluding tert-OH is 1. The van der Waals surface area contributed by atoms with Crippen LogP contribution >= 0.6 is 24.4 Å². The van der Waals surface area contributed by atoms with Gasteiger partial charge in [-0.25, -0.2) is 0 Å². The molecule has 116 valence electrons. The zero-order valence-corrected chi connectivity index (χ0v) is 14.5. The molecular weight excluding hydrogens is 308 g/mol. The molecule has 0 aliphatic carbocycles. The number of hydrogen-bond donors (Lipinski definition) is 3. The molecule has 0 aliphatic heterocycles. The average Bonchev–Trinajstić information content (AvgIpc) is 2.30. The normalized spacial score (nSPS) is 8.68. The second-order valence-corrected chi connectivity index (χ2v) is 4.91. The Morgan fingerprint density at radius 2 is 1.21 bits per heavy atom. The van der Waals surface area contributed by atoms with Crippen molar-refractivity contribution in [2.75, 3.05) is 26.9 Å². The fourth-order valence-electron chi connectivity index (χ4n) is 0.553. The van der Waals surface area contributed by atoms with Crippen LogP contribution in [-0.2, 0) is 18.0 Å². The molecule has 0 bridgehead atoms. The summed E-state index contributed by atoms with van der Waals surface area (Å²) in [7, 11) is -0.301. The van der Waals surface area contributed by atoms with Crippen LogP contribution in [-0.4, -0.2) is 51.9 Å².